The van der Waals surface area contributed by atoms with Crippen LogP contribution >= 0.6 is 11.3 Å². The SMILES string of the molecule is C=C1c2ccccc2C(=O)N1CC(=O)Nc1cc(-c2cccs2)[nH]n1. The van der Waals surface area contributed by atoms with E-state index in [4.69, 9.17) is 0 Å². The van der Waals surface area contributed by atoms with Gasteiger partial charge in [-0.05, 0) is 17.5 Å². The van der Waals surface area contributed by atoms with Crippen LogP contribution in [0.5, 0.6) is 0 Å². The first kappa shape index (κ1) is 15.3. The van der Waals surface area contributed by atoms with Crippen LogP contribution in [0.25, 0.3) is 16.3 Å². The molecular formula is C18H14N4O2S. The van der Waals surface area contributed by atoms with Crippen LogP contribution in [0.3, 0.4) is 0 Å². The maximum Gasteiger partial charge on any atom is 0.259 e. The first-order valence-electron chi connectivity index (χ1n) is 7.63. The number of anilines is 1. The van der Waals surface area contributed by atoms with Crippen molar-refractivity contribution < 1.29 is 9.59 Å². The molecule has 2 amide bonds. The van der Waals surface area contributed by atoms with Crippen molar-refractivity contribution in [3.8, 4) is 10.6 Å². The molecule has 0 saturated heterocycles. The number of carbonyl (C=O) groups excluding carboxylic acids is 2. The van der Waals surface area contributed by atoms with Gasteiger partial charge in [0, 0.05) is 22.9 Å². The van der Waals surface area contributed by atoms with Crippen LogP contribution < -0.4 is 5.32 Å². The lowest BCUT2D eigenvalue weighted by molar-refractivity contribution is -0.116. The molecule has 4 rings (SSSR count). The maximum atomic E-state index is 12.4. The Balaban J connectivity index is 1.45. The van der Waals surface area contributed by atoms with Crippen LogP contribution in [0, 0.1) is 0 Å². The second kappa shape index (κ2) is 6.03. The maximum absolute atomic E-state index is 12.4. The van der Waals surface area contributed by atoms with E-state index in [0.29, 0.717) is 17.1 Å². The Bertz CT molecular complexity index is 940. The predicted molar refractivity (Wildman–Crippen MR) is 97.0 cm³/mol. The summed E-state index contributed by atoms with van der Waals surface area (Å²) in [7, 11) is 0. The first-order valence-corrected chi connectivity index (χ1v) is 8.51. The summed E-state index contributed by atoms with van der Waals surface area (Å²) in [5.41, 5.74) is 2.71. The first-order chi connectivity index (χ1) is 12.1. The van der Waals surface area contributed by atoms with Gasteiger partial charge in [-0.15, -0.1) is 11.3 Å². The largest absolute Gasteiger partial charge is 0.308 e. The van der Waals surface area contributed by atoms with E-state index in [1.54, 1.807) is 29.5 Å². The Morgan fingerprint density at radius 3 is 2.76 bits per heavy atom. The third kappa shape index (κ3) is 2.74. The number of rotatable bonds is 4. The molecule has 1 aromatic carbocycles. The van der Waals surface area contributed by atoms with Gasteiger partial charge in [-0.1, -0.05) is 30.8 Å². The summed E-state index contributed by atoms with van der Waals surface area (Å²) in [5.74, 6) is -0.119. The van der Waals surface area contributed by atoms with E-state index in [-0.39, 0.29) is 18.4 Å². The summed E-state index contributed by atoms with van der Waals surface area (Å²) in [5, 5.41) is 11.7. The van der Waals surface area contributed by atoms with Gasteiger partial charge in [0.25, 0.3) is 5.91 Å². The fourth-order valence-electron chi connectivity index (χ4n) is 2.77. The van der Waals surface area contributed by atoms with Crippen LogP contribution in [-0.4, -0.2) is 33.5 Å². The van der Waals surface area contributed by atoms with Crippen molar-refractivity contribution in [3.63, 3.8) is 0 Å². The van der Waals surface area contributed by atoms with E-state index in [2.05, 4.69) is 22.1 Å². The number of carbonyl (C=O) groups is 2. The Morgan fingerprint density at radius 1 is 1.24 bits per heavy atom. The Morgan fingerprint density at radius 2 is 2.04 bits per heavy atom. The molecule has 3 heterocycles. The van der Waals surface area contributed by atoms with E-state index < -0.39 is 0 Å². The number of aromatic nitrogens is 2. The molecule has 7 heteroatoms. The van der Waals surface area contributed by atoms with Crippen LogP contribution in [0.4, 0.5) is 5.82 Å². The smallest absolute Gasteiger partial charge is 0.259 e. The third-order valence-electron chi connectivity index (χ3n) is 3.97. The molecular weight excluding hydrogens is 336 g/mol. The van der Waals surface area contributed by atoms with Gasteiger partial charge in [-0.25, -0.2) is 0 Å². The zero-order valence-corrected chi connectivity index (χ0v) is 14.0. The summed E-state index contributed by atoms with van der Waals surface area (Å²) >= 11 is 1.58. The van der Waals surface area contributed by atoms with E-state index >= 15 is 0 Å². The molecule has 1 aliphatic rings. The zero-order valence-electron chi connectivity index (χ0n) is 13.2. The molecule has 0 atom stereocenters. The van der Waals surface area contributed by atoms with Crippen molar-refractivity contribution in [1.82, 2.24) is 15.1 Å². The average molecular weight is 350 g/mol. The second-order valence-electron chi connectivity index (χ2n) is 5.58. The van der Waals surface area contributed by atoms with Crippen molar-refractivity contribution in [2.24, 2.45) is 0 Å². The topological polar surface area (TPSA) is 78.1 Å². The van der Waals surface area contributed by atoms with Gasteiger partial charge in [0.05, 0.1) is 10.6 Å². The Hall–Kier alpha value is -3.19. The molecule has 2 N–H and O–H groups in total. The molecule has 1 aliphatic heterocycles. The highest BCUT2D eigenvalue weighted by molar-refractivity contribution is 7.13. The highest BCUT2D eigenvalue weighted by atomic mass is 32.1. The van der Waals surface area contributed by atoms with Crippen LogP contribution in [0.2, 0.25) is 0 Å². The van der Waals surface area contributed by atoms with E-state index in [1.807, 2.05) is 29.6 Å². The molecule has 0 spiro atoms. The fourth-order valence-corrected chi connectivity index (χ4v) is 3.46. The second-order valence-corrected chi connectivity index (χ2v) is 6.52. The van der Waals surface area contributed by atoms with E-state index in [0.717, 1.165) is 16.1 Å². The van der Waals surface area contributed by atoms with E-state index in [1.165, 1.54) is 4.90 Å². The number of amides is 2. The van der Waals surface area contributed by atoms with Crippen LogP contribution in [-0.2, 0) is 4.79 Å². The Labute approximate surface area is 147 Å². The number of benzene rings is 1. The highest BCUT2D eigenvalue weighted by Crippen LogP contribution is 2.31. The average Bonchev–Trinajstić information content (AvgIpc) is 3.33. The molecule has 124 valence electrons. The summed E-state index contributed by atoms with van der Waals surface area (Å²) < 4.78 is 0. The van der Waals surface area contributed by atoms with Gasteiger partial charge in [0.1, 0.15) is 6.54 Å². The van der Waals surface area contributed by atoms with Crippen molar-refractivity contribution >= 4 is 34.7 Å². The fraction of sp³-hybridized carbons (Fsp3) is 0.0556. The Kier molecular flexibility index (Phi) is 3.70. The number of hydrogen-bond donors (Lipinski definition) is 2. The monoisotopic (exact) mass is 350 g/mol. The number of H-pyrrole nitrogens is 1. The van der Waals surface area contributed by atoms with E-state index in [9.17, 15) is 9.59 Å². The zero-order chi connectivity index (χ0) is 17.4. The minimum Gasteiger partial charge on any atom is -0.308 e. The lowest BCUT2D eigenvalue weighted by Crippen LogP contribution is -2.32. The molecule has 0 unspecified atom stereocenters. The number of fused-ring (bicyclic) bond motifs is 1. The quantitative estimate of drug-likeness (QED) is 0.758. The van der Waals surface area contributed by atoms with Crippen molar-refractivity contribution in [1.29, 1.82) is 0 Å². The summed E-state index contributed by atoms with van der Waals surface area (Å²) in [6.07, 6.45) is 0. The molecule has 0 bridgehead atoms. The number of nitrogens with zero attached hydrogens (tertiary/aromatic N) is 2. The normalized spacial score (nSPS) is 13.2. The standard InChI is InChI=1S/C18H14N4O2S/c1-11-12-5-2-3-6-13(12)18(24)22(11)10-17(23)19-16-9-14(20-21-16)15-7-4-8-25-15/h2-9H,1,10H2,(H2,19,20,21,23). The lowest BCUT2D eigenvalue weighted by Gasteiger charge is -2.16. The van der Waals surface area contributed by atoms with Crippen LogP contribution in [0.1, 0.15) is 15.9 Å². The van der Waals surface area contributed by atoms with Crippen molar-refractivity contribution in [2.75, 3.05) is 11.9 Å². The highest BCUT2D eigenvalue weighted by Gasteiger charge is 2.31. The van der Waals surface area contributed by atoms with Gasteiger partial charge in [-0.2, -0.15) is 5.10 Å². The van der Waals surface area contributed by atoms with Gasteiger partial charge >= 0.3 is 0 Å². The summed E-state index contributed by atoms with van der Waals surface area (Å²) in [6, 6.07) is 12.9. The van der Waals surface area contributed by atoms with Gasteiger partial charge < -0.3 is 5.32 Å². The van der Waals surface area contributed by atoms with Crippen molar-refractivity contribution in [2.45, 2.75) is 0 Å². The van der Waals surface area contributed by atoms with Gasteiger partial charge in [0.2, 0.25) is 5.91 Å². The number of nitrogens with one attached hydrogen (secondary N) is 2. The molecule has 6 nitrogen and oxygen atoms in total. The molecule has 3 aromatic rings. The lowest BCUT2D eigenvalue weighted by atomic mass is 10.1. The molecule has 0 aliphatic carbocycles. The molecule has 0 saturated carbocycles. The minimum absolute atomic E-state index is 0.104. The predicted octanol–water partition coefficient (Wildman–Crippen LogP) is 3.20. The summed E-state index contributed by atoms with van der Waals surface area (Å²) in [4.78, 5) is 27.1. The van der Waals surface area contributed by atoms with Crippen molar-refractivity contribution in [3.05, 3.63) is 65.6 Å². The molecule has 25 heavy (non-hydrogen) atoms. The molecule has 0 radical (unpaired) electrons. The van der Waals surface area contributed by atoms with Gasteiger partial charge in [-0.3, -0.25) is 19.6 Å². The molecule has 0 fully saturated rings. The minimum atomic E-state index is -0.327. The van der Waals surface area contributed by atoms with Gasteiger partial charge in [0.15, 0.2) is 5.82 Å². The number of aromatic amines is 1. The van der Waals surface area contributed by atoms with Crippen LogP contribution in [0.15, 0.2) is 54.4 Å². The molecule has 2 aromatic heterocycles. The number of hydrogen-bond acceptors (Lipinski definition) is 4. The third-order valence-corrected chi connectivity index (χ3v) is 4.88. The summed E-state index contributed by atoms with van der Waals surface area (Å²) in [6.45, 7) is 3.83. The number of thiophene rings is 1.